The number of hydrogen-bond acceptors (Lipinski definition) is 5. The maximum Gasteiger partial charge on any atom is 0.306 e. The number of rotatable bonds is 9. The molecule has 0 bridgehead atoms. The van der Waals surface area contributed by atoms with Crippen molar-refractivity contribution in [3.63, 3.8) is 0 Å². The Hall–Kier alpha value is -3.22. The van der Waals surface area contributed by atoms with Crippen molar-refractivity contribution in [2.45, 2.75) is 38.8 Å². The zero-order valence-corrected chi connectivity index (χ0v) is 16.9. The highest BCUT2D eigenvalue weighted by molar-refractivity contribution is 6.01. The second-order valence-corrected chi connectivity index (χ2v) is 7.01. The van der Waals surface area contributed by atoms with Gasteiger partial charge in [0.2, 0.25) is 5.91 Å². The molecule has 1 unspecified atom stereocenters. The first-order chi connectivity index (χ1) is 14.6. The molecule has 0 aliphatic carbocycles. The molecule has 3 rings (SSSR count). The van der Waals surface area contributed by atoms with Gasteiger partial charge in [-0.2, -0.15) is 0 Å². The molecule has 0 fully saturated rings. The lowest BCUT2D eigenvalue weighted by Crippen LogP contribution is -2.37. The predicted octanol–water partition coefficient (Wildman–Crippen LogP) is 3.69. The summed E-state index contributed by atoms with van der Waals surface area (Å²) in [5, 5.41) is 4.03. The highest BCUT2D eigenvalue weighted by atomic mass is 19.1. The van der Waals surface area contributed by atoms with E-state index in [-0.39, 0.29) is 43.8 Å². The molecule has 0 saturated carbocycles. The fourth-order valence-electron chi connectivity index (χ4n) is 3.29. The minimum absolute atomic E-state index is 0.0282. The van der Waals surface area contributed by atoms with Crippen molar-refractivity contribution in [2.24, 2.45) is 5.16 Å². The van der Waals surface area contributed by atoms with Gasteiger partial charge in [-0.25, -0.2) is 4.39 Å². The van der Waals surface area contributed by atoms with Crippen LogP contribution < -0.4 is 0 Å². The molecule has 0 N–H and O–H groups in total. The summed E-state index contributed by atoms with van der Waals surface area (Å²) in [6.07, 6.45) is 0.104. The van der Waals surface area contributed by atoms with Crippen molar-refractivity contribution in [1.82, 2.24) is 4.90 Å². The average Bonchev–Trinajstić information content (AvgIpc) is 3.21. The first-order valence-electron chi connectivity index (χ1n) is 10.0. The summed E-state index contributed by atoms with van der Waals surface area (Å²) >= 11 is 0. The Morgan fingerprint density at radius 3 is 2.60 bits per heavy atom. The van der Waals surface area contributed by atoms with Crippen LogP contribution in [0.5, 0.6) is 0 Å². The van der Waals surface area contributed by atoms with E-state index in [9.17, 15) is 14.0 Å². The number of ether oxygens (including phenoxy) is 1. The monoisotopic (exact) mass is 412 g/mol. The number of oxime groups is 1. The van der Waals surface area contributed by atoms with Crippen LogP contribution in [0.2, 0.25) is 0 Å². The van der Waals surface area contributed by atoms with Crippen LogP contribution in [-0.4, -0.2) is 41.7 Å². The molecule has 30 heavy (non-hydrogen) atoms. The Morgan fingerprint density at radius 1 is 1.13 bits per heavy atom. The van der Waals surface area contributed by atoms with Gasteiger partial charge in [0.15, 0.2) is 6.10 Å². The fourth-order valence-corrected chi connectivity index (χ4v) is 3.29. The van der Waals surface area contributed by atoms with E-state index in [4.69, 9.17) is 9.57 Å². The zero-order valence-electron chi connectivity index (χ0n) is 16.9. The smallest absolute Gasteiger partial charge is 0.306 e. The zero-order chi connectivity index (χ0) is 21.3. The highest BCUT2D eigenvalue weighted by Crippen LogP contribution is 2.21. The van der Waals surface area contributed by atoms with Crippen LogP contribution in [0.1, 0.15) is 37.3 Å². The molecular weight excluding hydrogens is 387 g/mol. The number of halogens is 1. The van der Waals surface area contributed by atoms with Gasteiger partial charge in [0.05, 0.1) is 25.3 Å². The molecule has 7 heteroatoms. The van der Waals surface area contributed by atoms with Gasteiger partial charge in [0.1, 0.15) is 5.82 Å². The van der Waals surface area contributed by atoms with Crippen molar-refractivity contribution in [3.05, 3.63) is 71.5 Å². The number of benzene rings is 2. The van der Waals surface area contributed by atoms with Crippen molar-refractivity contribution in [2.75, 3.05) is 13.2 Å². The van der Waals surface area contributed by atoms with Gasteiger partial charge in [0.25, 0.3) is 0 Å². The molecule has 0 saturated heterocycles. The standard InChI is InChI=1S/C23H25FN2O4/c1-2-29-23(28)13-12-22(27)26(15-17-8-4-3-5-9-17)16-18-14-21(25-30-18)19-10-6-7-11-20(19)24/h3-11,18H,2,12-16H2,1H3. The number of esters is 1. The molecule has 0 aromatic heterocycles. The summed E-state index contributed by atoms with van der Waals surface area (Å²) in [7, 11) is 0. The number of amides is 1. The number of carbonyl (C=O) groups is 2. The van der Waals surface area contributed by atoms with E-state index in [0.717, 1.165) is 5.56 Å². The van der Waals surface area contributed by atoms with Gasteiger partial charge in [-0.05, 0) is 18.6 Å². The lowest BCUT2D eigenvalue weighted by molar-refractivity contribution is -0.146. The van der Waals surface area contributed by atoms with Crippen LogP contribution in [0.25, 0.3) is 0 Å². The van der Waals surface area contributed by atoms with Gasteiger partial charge in [-0.3, -0.25) is 9.59 Å². The topological polar surface area (TPSA) is 68.2 Å². The average molecular weight is 412 g/mol. The minimum atomic E-state index is -0.396. The second-order valence-electron chi connectivity index (χ2n) is 7.01. The highest BCUT2D eigenvalue weighted by Gasteiger charge is 2.28. The van der Waals surface area contributed by atoms with Gasteiger partial charge in [-0.15, -0.1) is 0 Å². The summed E-state index contributed by atoms with van der Waals surface area (Å²) in [6, 6.07) is 16.0. The van der Waals surface area contributed by atoms with Crippen molar-refractivity contribution < 1.29 is 23.6 Å². The van der Waals surface area contributed by atoms with Crippen LogP contribution in [0.4, 0.5) is 4.39 Å². The first kappa shape index (κ1) is 21.5. The molecule has 2 aromatic carbocycles. The normalized spacial score (nSPS) is 15.3. The van der Waals surface area contributed by atoms with Crippen LogP contribution in [0, 0.1) is 5.82 Å². The summed E-state index contributed by atoms with van der Waals surface area (Å²) in [4.78, 5) is 31.6. The van der Waals surface area contributed by atoms with E-state index >= 15 is 0 Å². The summed E-state index contributed by atoms with van der Waals surface area (Å²) in [5.74, 6) is -0.921. The van der Waals surface area contributed by atoms with E-state index in [2.05, 4.69) is 5.16 Å². The summed E-state index contributed by atoms with van der Waals surface area (Å²) < 4.78 is 19.0. The molecular formula is C23H25FN2O4. The van der Waals surface area contributed by atoms with E-state index in [1.165, 1.54) is 6.07 Å². The summed E-state index contributed by atoms with van der Waals surface area (Å²) in [5.41, 5.74) is 1.90. The van der Waals surface area contributed by atoms with E-state index < -0.39 is 5.97 Å². The first-order valence-corrected chi connectivity index (χ1v) is 10.0. The third-order valence-electron chi connectivity index (χ3n) is 4.76. The van der Waals surface area contributed by atoms with E-state index in [1.54, 1.807) is 30.0 Å². The molecule has 1 aliphatic rings. The van der Waals surface area contributed by atoms with Crippen LogP contribution in [0.3, 0.4) is 0 Å². The number of hydrogen-bond donors (Lipinski definition) is 0. The largest absolute Gasteiger partial charge is 0.466 e. The lowest BCUT2D eigenvalue weighted by atomic mass is 10.0. The Morgan fingerprint density at radius 2 is 1.87 bits per heavy atom. The fraction of sp³-hybridized carbons (Fsp3) is 0.348. The molecule has 1 atom stereocenters. The molecule has 2 aromatic rings. The predicted molar refractivity (Wildman–Crippen MR) is 110 cm³/mol. The minimum Gasteiger partial charge on any atom is -0.466 e. The Labute approximate surface area is 175 Å². The Bertz CT molecular complexity index is 901. The summed E-state index contributed by atoms with van der Waals surface area (Å²) in [6.45, 7) is 2.69. The van der Waals surface area contributed by atoms with Crippen LogP contribution in [-0.2, 0) is 25.7 Å². The van der Waals surface area contributed by atoms with Gasteiger partial charge >= 0.3 is 5.97 Å². The van der Waals surface area contributed by atoms with Crippen LogP contribution in [0.15, 0.2) is 59.8 Å². The maximum atomic E-state index is 14.0. The Balaban J connectivity index is 1.64. The van der Waals surface area contributed by atoms with Crippen molar-refractivity contribution >= 4 is 17.6 Å². The second kappa shape index (κ2) is 10.5. The molecule has 6 nitrogen and oxygen atoms in total. The van der Waals surface area contributed by atoms with Gasteiger partial charge in [-0.1, -0.05) is 53.7 Å². The SMILES string of the molecule is CCOC(=O)CCC(=O)N(Cc1ccccc1)CC1CC(c2ccccc2F)=NO1. The maximum absolute atomic E-state index is 14.0. The van der Waals surface area contributed by atoms with Crippen molar-refractivity contribution in [1.29, 1.82) is 0 Å². The molecule has 158 valence electrons. The van der Waals surface area contributed by atoms with Gasteiger partial charge < -0.3 is 14.5 Å². The molecule has 1 amide bonds. The molecule has 1 heterocycles. The quantitative estimate of drug-likeness (QED) is 0.589. The third kappa shape index (κ3) is 5.89. The van der Waals surface area contributed by atoms with Gasteiger partial charge in [0, 0.05) is 24.9 Å². The van der Waals surface area contributed by atoms with E-state index in [1.807, 2.05) is 30.3 Å². The molecule has 0 radical (unpaired) electrons. The molecule has 0 spiro atoms. The number of carbonyl (C=O) groups excluding carboxylic acids is 2. The molecule has 1 aliphatic heterocycles. The third-order valence-corrected chi connectivity index (χ3v) is 4.76. The van der Waals surface area contributed by atoms with Crippen molar-refractivity contribution in [3.8, 4) is 0 Å². The lowest BCUT2D eigenvalue weighted by Gasteiger charge is -2.25. The number of nitrogens with zero attached hydrogens (tertiary/aromatic N) is 2. The van der Waals surface area contributed by atoms with Crippen LogP contribution >= 0.6 is 0 Å². The Kier molecular flexibility index (Phi) is 7.54. The van der Waals surface area contributed by atoms with E-state index in [0.29, 0.717) is 24.2 Å².